The molecule has 8 nitrogen and oxygen atoms in total. The molecule has 0 aliphatic carbocycles. The molecule has 2 aromatic rings. The number of allylic oxidation sites excluding steroid dienone is 7. The third kappa shape index (κ3) is 10.9. The molecule has 0 spiro atoms. The van der Waals surface area contributed by atoms with Crippen LogP contribution in [0.5, 0.6) is 28.7 Å². The third-order valence-corrected chi connectivity index (χ3v) is 9.34. The van der Waals surface area contributed by atoms with Gasteiger partial charge in [-0.1, -0.05) is 77.2 Å². The summed E-state index contributed by atoms with van der Waals surface area (Å²) in [6.45, 7) is 19.5. The SMILES string of the molecule is C=C(/C=C(\C=C/C)CN1CCN(CC(/C=C\C)=C/C(=C/CC)c2cc(OC)c(OC)c(OC)c2)C(=O)C1C(C)C)c1cc(CCC)c(OC)c(OC)c1. The molecule has 1 unspecified atom stereocenters. The number of benzene rings is 2. The molecule has 1 heterocycles. The number of hydrogen-bond donors (Lipinski definition) is 0. The average molecular weight is 727 g/mol. The van der Waals surface area contributed by atoms with Crippen molar-refractivity contribution in [1.82, 2.24) is 9.80 Å². The van der Waals surface area contributed by atoms with Gasteiger partial charge in [0.15, 0.2) is 23.0 Å². The molecule has 8 heteroatoms. The Hall–Kier alpha value is -4.69. The van der Waals surface area contributed by atoms with Crippen molar-refractivity contribution in [2.24, 2.45) is 5.92 Å². The Balaban J connectivity index is 1.92. The number of amides is 1. The molecule has 1 aliphatic heterocycles. The lowest BCUT2D eigenvalue weighted by atomic mass is 9.95. The number of rotatable bonds is 19. The summed E-state index contributed by atoms with van der Waals surface area (Å²) in [6.07, 6.45) is 17.4. The lowest BCUT2D eigenvalue weighted by Crippen LogP contribution is -2.59. The Bertz CT molecular complexity index is 1690. The summed E-state index contributed by atoms with van der Waals surface area (Å²) < 4.78 is 28.3. The molecule has 1 saturated heterocycles. The highest BCUT2D eigenvalue weighted by Gasteiger charge is 2.37. The van der Waals surface area contributed by atoms with E-state index in [1.54, 1.807) is 35.5 Å². The number of aryl methyl sites for hydroxylation is 1. The van der Waals surface area contributed by atoms with Gasteiger partial charge < -0.3 is 28.6 Å². The monoisotopic (exact) mass is 726 g/mol. The normalized spacial score (nSPS) is 16.2. The Labute approximate surface area is 319 Å². The minimum Gasteiger partial charge on any atom is -0.493 e. The predicted molar refractivity (Wildman–Crippen MR) is 220 cm³/mol. The van der Waals surface area contributed by atoms with Gasteiger partial charge in [-0.2, -0.15) is 0 Å². The highest BCUT2D eigenvalue weighted by Crippen LogP contribution is 2.41. The zero-order chi connectivity index (χ0) is 39.1. The van der Waals surface area contributed by atoms with Crippen LogP contribution in [0.3, 0.4) is 0 Å². The van der Waals surface area contributed by atoms with Crippen LogP contribution < -0.4 is 23.7 Å². The maximum absolute atomic E-state index is 14.3. The van der Waals surface area contributed by atoms with Crippen LogP contribution in [0.2, 0.25) is 0 Å². The first-order chi connectivity index (χ1) is 25.5. The maximum atomic E-state index is 14.3. The predicted octanol–water partition coefficient (Wildman–Crippen LogP) is 9.36. The molecule has 1 amide bonds. The second-order valence-corrected chi connectivity index (χ2v) is 13.5. The van der Waals surface area contributed by atoms with Crippen LogP contribution >= 0.6 is 0 Å². The molecule has 0 bridgehead atoms. The Morgan fingerprint density at radius 3 is 1.87 bits per heavy atom. The van der Waals surface area contributed by atoms with Crippen molar-refractivity contribution >= 4 is 17.1 Å². The maximum Gasteiger partial charge on any atom is 0.240 e. The fourth-order valence-electron chi connectivity index (χ4n) is 6.98. The Morgan fingerprint density at radius 2 is 1.36 bits per heavy atom. The third-order valence-electron chi connectivity index (χ3n) is 9.34. The lowest BCUT2D eigenvalue weighted by molar-refractivity contribution is -0.142. The van der Waals surface area contributed by atoms with Crippen molar-refractivity contribution in [1.29, 1.82) is 0 Å². The number of methoxy groups -OCH3 is 5. The van der Waals surface area contributed by atoms with Gasteiger partial charge in [0.2, 0.25) is 11.7 Å². The molecule has 0 saturated carbocycles. The van der Waals surface area contributed by atoms with Gasteiger partial charge in [-0.3, -0.25) is 9.69 Å². The molecule has 3 rings (SSSR count). The summed E-state index contributed by atoms with van der Waals surface area (Å²) in [4.78, 5) is 18.7. The molecule has 288 valence electrons. The van der Waals surface area contributed by atoms with E-state index in [0.717, 1.165) is 70.5 Å². The molecule has 1 atom stereocenters. The zero-order valence-electron chi connectivity index (χ0n) is 34.0. The van der Waals surface area contributed by atoms with E-state index in [0.29, 0.717) is 42.6 Å². The van der Waals surface area contributed by atoms with E-state index in [1.165, 1.54) is 0 Å². The first-order valence-corrected chi connectivity index (χ1v) is 18.7. The number of piperazine rings is 1. The van der Waals surface area contributed by atoms with E-state index in [1.807, 2.05) is 49.1 Å². The van der Waals surface area contributed by atoms with Crippen molar-refractivity contribution in [2.75, 3.05) is 61.7 Å². The van der Waals surface area contributed by atoms with E-state index >= 15 is 0 Å². The Kier molecular flexibility index (Phi) is 17.0. The second-order valence-electron chi connectivity index (χ2n) is 13.5. The summed E-state index contributed by atoms with van der Waals surface area (Å²) in [7, 11) is 8.19. The van der Waals surface area contributed by atoms with Gasteiger partial charge in [0.25, 0.3) is 0 Å². The van der Waals surface area contributed by atoms with E-state index in [9.17, 15) is 4.79 Å². The van der Waals surface area contributed by atoms with Gasteiger partial charge in [-0.15, -0.1) is 0 Å². The van der Waals surface area contributed by atoms with Crippen molar-refractivity contribution in [2.45, 2.75) is 66.8 Å². The first kappa shape index (κ1) is 42.7. The molecular formula is C45H62N2O6. The van der Waals surface area contributed by atoms with Crippen LogP contribution in [0.15, 0.2) is 84.5 Å². The van der Waals surface area contributed by atoms with E-state index < -0.39 is 0 Å². The molecule has 0 N–H and O–H groups in total. The molecule has 53 heavy (non-hydrogen) atoms. The number of carbonyl (C=O) groups excluding carboxylic acids is 1. The van der Waals surface area contributed by atoms with E-state index in [4.69, 9.17) is 23.7 Å². The van der Waals surface area contributed by atoms with Gasteiger partial charge in [0.1, 0.15) is 0 Å². The lowest BCUT2D eigenvalue weighted by Gasteiger charge is -2.43. The molecular weight excluding hydrogens is 665 g/mol. The van der Waals surface area contributed by atoms with Crippen molar-refractivity contribution < 1.29 is 28.5 Å². The summed E-state index contributed by atoms with van der Waals surface area (Å²) >= 11 is 0. The van der Waals surface area contributed by atoms with Crippen molar-refractivity contribution in [3.8, 4) is 28.7 Å². The highest BCUT2D eigenvalue weighted by atomic mass is 16.5. The first-order valence-electron chi connectivity index (χ1n) is 18.7. The molecule has 0 aromatic heterocycles. The summed E-state index contributed by atoms with van der Waals surface area (Å²) in [5.41, 5.74) is 7.05. The standard InChI is InChI=1S/C45H62N2O6/c1-13-17-33(23-32(7)37-25-36(20-16-4)43(52-11)39(26-37)49-8)29-46-21-22-47(45(48)42(46)31(5)6)30-34(18-14-2)24-35(19-15-3)38-27-40(50-9)44(53-12)41(28-38)51-10/h13-14,17-19,23-28,31,42H,7,15-16,20-22,29-30H2,1-6,8-12H3/b17-13-,18-14-,33-23+,34-24+,35-19-. The largest absolute Gasteiger partial charge is 0.493 e. The smallest absolute Gasteiger partial charge is 0.240 e. The van der Waals surface area contributed by atoms with Gasteiger partial charge in [0, 0.05) is 26.2 Å². The number of nitrogens with zero attached hydrogens (tertiary/aromatic N) is 2. The van der Waals surface area contributed by atoms with Crippen molar-refractivity contribution in [3.63, 3.8) is 0 Å². The van der Waals surface area contributed by atoms with Crippen LogP contribution in [0, 0.1) is 5.92 Å². The minimum absolute atomic E-state index is 0.117. The number of carbonyl (C=O) groups is 1. The number of ether oxygens (including phenoxy) is 5. The number of hydrogen-bond acceptors (Lipinski definition) is 7. The van der Waals surface area contributed by atoms with Gasteiger partial charge >= 0.3 is 0 Å². The van der Waals surface area contributed by atoms with Gasteiger partial charge in [0.05, 0.1) is 41.6 Å². The van der Waals surface area contributed by atoms with Gasteiger partial charge in [-0.05, 0) is 102 Å². The van der Waals surface area contributed by atoms with Crippen molar-refractivity contribution in [3.05, 3.63) is 101 Å². The van der Waals surface area contributed by atoms with Crippen LogP contribution in [0.4, 0.5) is 0 Å². The molecule has 0 radical (unpaired) electrons. The topological polar surface area (TPSA) is 69.7 Å². The summed E-state index contributed by atoms with van der Waals surface area (Å²) in [5.74, 6) is 3.46. The second kappa shape index (κ2) is 21.1. The quantitative estimate of drug-likeness (QED) is 0.134. The van der Waals surface area contributed by atoms with E-state index in [-0.39, 0.29) is 17.9 Å². The highest BCUT2D eigenvalue weighted by molar-refractivity contribution is 5.84. The summed E-state index contributed by atoms with van der Waals surface area (Å²) in [6, 6.07) is 7.79. The molecule has 2 aromatic carbocycles. The Morgan fingerprint density at radius 1 is 0.792 bits per heavy atom. The summed E-state index contributed by atoms with van der Waals surface area (Å²) in [5, 5.41) is 0. The van der Waals surface area contributed by atoms with Crippen LogP contribution in [0.25, 0.3) is 11.1 Å². The van der Waals surface area contributed by atoms with Crippen LogP contribution in [-0.2, 0) is 11.2 Å². The van der Waals surface area contributed by atoms with E-state index in [2.05, 4.69) is 75.6 Å². The van der Waals surface area contributed by atoms with Crippen LogP contribution in [0.1, 0.15) is 71.1 Å². The molecule has 1 aliphatic rings. The van der Waals surface area contributed by atoms with Gasteiger partial charge in [-0.25, -0.2) is 0 Å². The fraction of sp³-hybridized carbons (Fsp3) is 0.444. The van der Waals surface area contributed by atoms with Crippen LogP contribution in [-0.4, -0.2) is 83.5 Å². The average Bonchev–Trinajstić information content (AvgIpc) is 3.14. The minimum atomic E-state index is -0.268. The zero-order valence-corrected chi connectivity index (χ0v) is 34.0. The fourth-order valence-corrected chi connectivity index (χ4v) is 6.98. The molecule has 1 fully saturated rings.